The van der Waals surface area contributed by atoms with E-state index in [2.05, 4.69) is 19.8 Å². The lowest BCUT2D eigenvalue weighted by Gasteiger charge is -2.12. The Bertz CT molecular complexity index is 684. The highest BCUT2D eigenvalue weighted by molar-refractivity contribution is 5.86. The van der Waals surface area contributed by atoms with Gasteiger partial charge in [-0.25, -0.2) is 0 Å². The highest BCUT2D eigenvalue weighted by Crippen LogP contribution is 2.18. The van der Waals surface area contributed by atoms with Crippen LogP contribution >= 0.6 is 0 Å². The molecule has 4 N–H and O–H groups in total. The van der Waals surface area contributed by atoms with Gasteiger partial charge in [-0.15, -0.1) is 0 Å². The molecular formula is C17H25N3O7. The van der Waals surface area contributed by atoms with Gasteiger partial charge in [-0.2, -0.15) is 0 Å². The Balaban J connectivity index is 2.81. The minimum absolute atomic E-state index is 0.0179. The van der Waals surface area contributed by atoms with Gasteiger partial charge in [0.15, 0.2) is 0 Å². The fourth-order valence-electron chi connectivity index (χ4n) is 2.36. The van der Waals surface area contributed by atoms with Crippen molar-refractivity contribution in [3.05, 3.63) is 23.0 Å². The lowest BCUT2D eigenvalue weighted by atomic mass is 10.0. The van der Waals surface area contributed by atoms with Gasteiger partial charge in [-0.05, 0) is 17.5 Å². The number of ether oxygens (including phenoxy) is 3. The molecule has 0 aromatic carbocycles. The first kappa shape index (κ1) is 22.2. The Hall–Kier alpha value is -2.88. The summed E-state index contributed by atoms with van der Waals surface area (Å²) in [6.07, 6.45) is 1.92. The second-order valence-electron chi connectivity index (χ2n) is 5.70. The normalized spacial score (nSPS) is 11.4. The predicted octanol–water partition coefficient (Wildman–Crippen LogP) is -0.658. The van der Waals surface area contributed by atoms with Gasteiger partial charge in [0.05, 0.1) is 46.8 Å². The van der Waals surface area contributed by atoms with Crippen molar-refractivity contribution < 1.29 is 33.4 Å². The highest BCUT2D eigenvalue weighted by atomic mass is 16.5. The smallest absolute Gasteiger partial charge is 0.310 e. The summed E-state index contributed by atoms with van der Waals surface area (Å²) < 4.78 is 13.8. The Labute approximate surface area is 156 Å². The monoisotopic (exact) mass is 383 g/mol. The Morgan fingerprint density at radius 2 is 1.70 bits per heavy atom. The topological polar surface area (TPSA) is 150 Å². The van der Waals surface area contributed by atoms with Gasteiger partial charge < -0.3 is 30.2 Å². The van der Waals surface area contributed by atoms with Crippen molar-refractivity contribution in [2.75, 3.05) is 21.3 Å². The van der Waals surface area contributed by atoms with Gasteiger partial charge in [-0.3, -0.25) is 19.2 Å². The highest BCUT2D eigenvalue weighted by Gasteiger charge is 2.20. The molecule has 0 fully saturated rings. The third kappa shape index (κ3) is 7.10. The number of hydrogen-bond donors (Lipinski definition) is 3. The van der Waals surface area contributed by atoms with Crippen LogP contribution in [0.3, 0.4) is 0 Å². The minimum atomic E-state index is -1.05. The summed E-state index contributed by atoms with van der Waals surface area (Å²) in [4.78, 5) is 49.2. The number of carbonyl (C=O) groups excluding carboxylic acids is 4. The third-order valence-electron chi connectivity index (χ3n) is 3.94. The average Bonchev–Trinajstić information content (AvgIpc) is 3.04. The molecule has 10 heteroatoms. The van der Waals surface area contributed by atoms with Gasteiger partial charge >= 0.3 is 17.9 Å². The standard InChI is InChI=1S/C17H25N3O7/c1-25-14(21)5-4-10-8-19-13(11(10)6-15(22)26-2)9-20-17(24)12(18)7-16(23)27-3/h8,12,19H,4-7,9,18H2,1-3H3,(H,20,24)/t12-/m0/s1. The van der Waals surface area contributed by atoms with E-state index in [1.165, 1.54) is 21.3 Å². The van der Waals surface area contributed by atoms with Crippen LogP contribution in [0.4, 0.5) is 0 Å². The van der Waals surface area contributed by atoms with E-state index >= 15 is 0 Å². The van der Waals surface area contributed by atoms with E-state index in [0.29, 0.717) is 17.7 Å². The van der Waals surface area contributed by atoms with E-state index in [4.69, 9.17) is 10.5 Å². The number of H-pyrrole nitrogens is 1. The molecular weight excluding hydrogens is 358 g/mol. The van der Waals surface area contributed by atoms with E-state index in [9.17, 15) is 19.2 Å². The zero-order valence-electron chi connectivity index (χ0n) is 15.6. The number of methoxy groups -OCH3 is 3. The molecule has 0 unspecified atom stereocenters. The Morgan fingerprint density at radius 1 is 1.07 bits per heavy atom. The fraction of sp³-hybridized carbons (Fsp3) is 0.529. The summed E-state index contributed by atoms with van der Waals surface area (Å²) in [7, 11) is 3.78. The molecule has 0 aliphatic rings. The van der Waals surface area contributed by atoms with Crippen LogP contribution in [0.25, 0.3) is 0 Å². The first-order chi connectivity index (χ1) is 12.8. The number of rotatable bonds is 10. The summed E-state index contributed by atoms with van der Waals surface area (Å²) in [6.45, 7) is 0.0677. The third-order valence-corrected chi connectivity index (χ3v) is 3.94. The maximum atomic E-state index is 12.0. The van der Waals surface area contributed by atoms with Crippen molar-refractivity contribution in [1.29, 1.82) is 0 Å². The van der Waals surface area contributed by atoms with Crippen LogP contribution in [0.5, 0.6) is 0 Å². The van der Waals surface area contributed by atoms with E-state index < -0.39 is 23.9 Å². The number of aromatic amines is 1. The molecule has 150 valence electrons. The van der Waals surface area contributed by atoms with Crippen LogP contribution in [-0.2, 0) is 52.8 Å². The van der Waals surface area contributed by atoms with Gasteiger partial charge in [0.2, 0.25) is 5.91 Å². The molecule has 0 spiro atoms. The van der Waals surface area contributed by atoms with Crippen molar-refractivity contribution in [2.45, 2.75) is 38.3 Å². The van der Waals surface area contributed by atoms with Crippen LogP contribution in [-0.4, -0.2) is 56.2 Å². The summed E-state index contributed by atoms with van der Waals surface area (Å²) in [5.74, 6) is -1.95. The van der Waals surface area contributed by atoms with Crippen LogP contribution < -0.4 is 11.1 Å². The summed E-state index contributed by atoms with van der Waals surface area (Å²) in [5, 5.41) is 2.60. The first-order valence-corrected chi connectivity index (χ1v) is 8.24. The number of aryl methyl sites for hydroxylation is 1. The molecule has 0 aliphatic carbocycles. The molecule has 0 saturated carbocycles. The van der Waals surface area contributed by atoms with Crippen LogP contribution in [0.1, 0.15) is 29.7 Å². The molecule has 1 aromatic rings. The quantitative estimate of drug-likeness (QED) is 0.356. The molecule has 1 heterocycles. The molecule has 1 aromatic heterocycles. The number of hydrogen-bond acceptors (Lipinski definition) is 8. The number of nitrogens with one attached hydrogen (secondary N) is 2. The summed E-state index contributed by atoms with van der Waals surface area (Å²) in [6, 6.07) is -1.05. The van der Waals surface area contributed by atoms with Crippen molar-refractivity contribution in [1.82, 2.24) is 10.3 Å². The molecule has 1 amide bonds. The van der Waals surface area contributed by atoms with Gasteiger partial charge in [0.25, 0.3) is 0 Å². The second kappa shape index (κ2) is 11.0. The van der Waals surface area contributed by atoms with E-state index in [1.54, 1.807) is 6.20 Å². The molecule has 0 bridgehead atoms. The van der Waals surface area contributed by atoms with Crippen molar-refractivity contribution in [3.63, 3.8) is 0 Å². The maximum absolute atomic E-state index is 12.0. The number of amides is 1. The first-order valence-electron chi connectivity index (χ1n) is 8.24. The van der Waals surface area contributed by atoms with Gasteiger partial charge in [-0.1, -0.05) is 0 Å². The number of carbonyl (C=O) groups is 4. The van der Waals surface area contributed by atoms with Crippen molar-refractivity contribution in [3.8, 4) is 0 Å². The average molecular weight is 383 g/mol. The predicted molar refractivity (Wildman–Crippen MR) is 93.3 cm³/mol. The van der Waals surface area contributed by atoms with E-state index in [-0.39, 0.29) is 31.8 Å². The molecule has 1 atom stereocenters. The molecule has 0 radical (unpaired) electrons. The van der Waals surface area contributed by atoms with Gasteiger partial charge in [0.1, 0.15) is 0 Å². The summed E-state index contributed by atoms with van der Waals surface area (Å²) in [5.41, 5.74) is 7.61. The summed E-state index contributed by atoms with van der Waals surface area (Å²) >= 11 is 0. The molecule has 27 heavy (non-hydrogen) atoms. The molecule has 10 nitrogen and oxygen atoms in total. The maximum Gasteiger partial charge on any atom is 0.310 e. The van der Waals surface area contributed by atoms with Crippen molar-refractivity contribution >= 4 is 23.8 Å². The van der Waals surface area contributed by atoms with Crippen LogP contribution in [0, 0.1) is 0 Å². The van der Waals surface area contributed by atoms with Gasteiger partial charge in [0, 0.05) is 18.3 Å². The lowest BCUT2D eigenvalue weighted by molar-refractivity contribution is -0.143. The Kier molecular flexibility index (Phi) is 9.00. The van der Waals surface area contributed by atoms with E-state index in [0.717, 1.165) is 5.56 Å². The molecule has 0 aliphatic heterocycles. The van der Waals surface area contributed by atoms with Crippen molar-refractivity contribution in [2.24, 2.45) is 5.73 Å². The second-order valence-corrected chi connectivity index (χ2v) is 5.70. The zero-order chi connectivity index (χ0) is 20.4. The Morgan fingerprint density at radius 3 is 2.30 bits per heavy atom. The van der Waals surface area contributed by atoms with Crippen LogP contribution in [0.2, 0.25) is 0 Å². The minimum Gasteiger partial charge on any atom is -0.469 e. The van der Waals surface area contributed by atoms with Crippen LogP contribution in [0.15, 0.2) is 6.20 Å². The fourth-order valence-corrected chi connectivity index (χ4v) is 2.36. The lowest BCUT2D eigenvalue weighted by Crippen LogP contribution is -2.41. The molecule has 0 saturated heterocycles. The zero-order valence-corrected chi connectivity index (χ0v) is 15.6. The SMILES string of the molecule is COC(=O)CCc1c[nH]c(CNC(=O)[C@@H](N)CC(=O)OC)c1CC(=O)OC. The number of aromatic nitrogens is 1. The molecule has 1 rings (SSSR count). The largest absolute Gasteiger partial charge is 0.469 e. The van der Waals surface area contributed by atoms with E-state index in [1.807, 2.05) is 0 Å². The number of nitrogens with two attached hydrogens (primary N) is 1. The number of esters is 3.